The number of hydrogen-bond donors (Lipinski definition) is 6. The van der Waals surface area contributed by atoms with E-state index in [1.807, 2.05) is 37.0 Å². The van der Waals surface area contributed by atoms with Gasteiger partial charge in [0.2, 0.25) is 17.8 Å². The summed E-state index contributed by atoms with van der Waals surface area (Å²) in [7, 11) is 4.01. The SMILES string of the molecule is BC1CN(P(=O)(OCC2CN(c3nc(NCCNC(=O)CCCCC4SCC5NC(=O)NC54)nc(OCCOCCNC(=O)c4ccc(/C=N/Nc5ccc(C(C)=O)cn5)cc4)n3)CC(B)O2)N(C)C)CCO1. The van der Waals surface area contributed by atoms with Crippen molar-refractivity contribution in [3.8, 4) is 6.01 Å². The maximum absolute atomic E-state index is 14.2. The molecule has 7 unspecified atom stereocenters. The third-order valence-corrected chi connectivity index (χ3v) is 16.3. The molecule has 2 aromatic heterocycles. The van der Waals surface area contributed by atoms with E-state index in [4.69, 9.17) is 28.5 Å². The van der Waals surface area contributed by atoms with E-state index in [9.17, 15) is 23.7 Å². The van der Waals surface area contributed by atoms with Gasteiger partial charge in [-0.05, 0) is 63.7 Å². The van der Waals surface area contributed by atoms with E-state index in [1.165, 1.54) is 13.1 Å². The zero-order valence-corrected chi connectivity index (χ0v) is 43.8. The summed E-state index contributed by atoms with van der Waals surface area (Å²) in [4.78, 5) is 68.7. The minimum Gasteiger partial charge on any atom is -0.461 e. The topological polar surface area (TPSA) is 277 Å². The van der Waals surface area contributed by atoms with Crippen LogP contribution in [-0.4, -0.2) is 209 Å². The Morgan fingerprint density at radius 3 is 2.56 bits per heavy atom. The predicted molar refractivity (Wildman–Crippen MR) is 282 cm³/mol. The van der Waals surface area contributed by atoms with Gasteiger partial charge in [0.1, 0.15) is 28.1 Å². The number of unbranched alkanes of at least 4 members (excludes halogenated alkanes) is 1. The summed E-state index contributed by atoms with van der Waals surface area (Å²) in [6, 6.07) is 10.2. The van der Waals surface area contributed by atoms with Crippen LogP contribution < -0.4 is 41.6 Å². The van der Waals surface area contributed by atoms with E-state index < -0.39 is 13.8 Å². The fourth-order valence-electron chi connectivity index (χ4n) is 8.52. The number of hydrogen-bond acceptors (Lipinski definition) is 19. The largest absolute Gasteiger partial charge is 0.461 e. The number of pyridine rings is 1. The molecule has 4 saturated heterocycles. The maximum Gasteiger partial charge on any atom is 0.345 e. The Bertz CT molecular complexity index is 2400. The first-order valence-corrected chi connectivity index (χ1v) is 27.3. The smallest absolute Gasteiger partial charge is 0.345 e. The highest BCUT2D eigenvalue weighted by atomic mass is 32.2. The molecule has 0 saturated carbocycles. The molecule has 6 N–H and O–H groups in total. The quantitative estimate of drug-likeness (QED) is 0.0113. The number of carbonyl (C=O) groups is 4. The van der Waals surface area contributed by atoms with Crippen LogP contribution in [0.2, 0.25) is 0 Å². The number of fused-ring (bicyclic) bond motifs is 1. The second kappa shape index (κ2) is 27.2. The predicted octanol–water partition coefficient (Wildman–Crippen LogP) is 0.137. The second-order valence-electron chi connectivity index (χ2n) is 18.3. The van der Waals surface area contributed by atoms with Gasteiger partial charge in [0.15, 0.2) is 5.78 Å². The van der Waals surface area contributed by atoms with Crippen molar-refractivity contribution in [1.82, 2.24) is 50.5 Å². The van der Waals surface area contributed by atoms with Crippen molar-refractivity contribution in [2.24, 2.45) is 5.10 Å². The van der Waals surface area contributed by atoms with Crippen LogP contribution in [0.1, 0.15) is 58.9 Å². The number of anilines is 3. The van der Waals surface area contributed by atoms with Gasteiger partial charge in [0.05, 0.1) is 50.8 Å². The molecule has 1 aromatic carbocycles. The Morgan fingerprint density at radius 1 is 0.973 bits per heavy atom. The van der Waals surface area contributed by atoms with Crippen molar-refractivity contribution in [2.45, 2.75) is 68.1 Å². The van der Waals surface area contributed by atoms with Crippen molar-refractivity contribution in [3.63, 3.8) is 0 Å². The summed E-state index contributed by atoms with van der Waals surface area (Å²) in [5.74, 6) is 1.60. The monoisotopic (exact) mass is 1050 g/mol. The summed E-state index contributed by atoms with van der Waals surface area (Å²) in [6.45, 7) is 5.20. The number of rotatable bonds is 27. The number of nitrogens with zero attached hydrogens (tertiary/aromatic N) is 8. The zero-order valence-electron chi connectivity index (χ0n) is 42.1. The Balaban J connectivity index is 0.873. The number of amides is 4. The summed E-state index contributed by atoms with van der Waals surface area (Å²) < 4.78 is 47.6. The molecule has 4 amide bonds. The molecule has 73 heavy (non-hydrogen) atoms. The van der Waals surface area contributed by atoms with E-state index in [0.717, 1.165) is 30.6 Å². The van der Waals surface area contributed by atoms with E-state index in [1.54, 1.807) is 61.4 Å². The molecule has 4 fully saturated rings. The number of benzene rings is 1. The average molecular weight is 1050 g/mol. The van der Waals surface area contributed by atoms with Crippen molar-refractivity contribution >= 4 is 82.7 Å². The fraction of sp³-hybridized carbons (Fsp3) is 0.578. The normalized spacial score (nSPS) is 22.8. The van der Waals surface area contributed by atoms with Gasteiger partial charge in [-0.1, -0.05) is 18.6 Å². The second-order valence-corrected chi connectivity index (χ2v) is 22.2. The molecule has 394 valence electrons. The maximum atomic E-state index is 14.2. The van der Waals surface area contributed by atoms with Gasteiger partial charge in [0.25, 0.3) is 5.91 Å². The summed E-state index contributed by atoms with van der Waals surface area (Å²) in [5, 5.41) is 19.5. The summed E-state index contributed by atoms with van der Waals surface area (Å²) in [6.07, 6.45) is 5.60. The Kier molecular flexibility index (Phi) is 20.6. The van der Waals surface area contributed by atoms with Crippen LogP contribution in [-0.2, 0) is 28.1 Å². The van der Waals surface area contributed by atoms with Crippen LogP contribution in [0.4, 0.5) is 22.5 Å². The number of ether oxygens (including phenoxy) is 4. The molecule has 7 rings (SSSR count). The van der Waals surface area contributed by atoms with Crippen LogP contribution in [0, 0.1) is 0 Å². The van der Waals surface area contributed by atoms with Crippen LogP contribution in [0.15, 0.2) is 47.7 Å². The Labute approximate surface area is 431 Å². The lowest BCUT2D eigenvalue weighted by atomic mass is 9.97. The third-order valence-electron chi connectivity index (χ3n) is 12.3. The van der Waals surface area contributed by atoms with Crippen LogP contribution in [0.25, 0.3) is 0 Å². The number of morpholine rings is 2. The number of aromatic nitrogens is 4. The van der Waals surface area contributed by atoms with Crippen LogP contribution in [0.5, 0.6) is 6.01 Å². The number of urea groups is 1. The van der Waals surface area contributed by atoms with Crippen molar-refractivity contribution in [2.75, 3.05) is 114 Å². The molecule has 0 bridgehead atoms. The van der Waals surface area contributed by atoms with Gasteiger partial charge in [-0.3, -0.25) is 24.4 Å². The molecular weight excluding hydrogens is 981 g/mol. The number of hydrazone groups is 1. The lowest BCUT2D eigenvalue weighted by molar-refractivity contribution is -0.121. The molecule has 6 heterocycles. The van der Waals surface area contributed by atoms with Crippen LogP contribution in [0.3, 0.4) is 0 Å². The number of thioether (sulfide) groups is 1. The Hall–Kier alpha value is -5.40. The van der Waals surface area contributed by atoms with Crippen molar-refractivity contribution in [3.05, 3.63) is 59.3 Å². The molecule has 0 spiro atoms. The summed E-state index contributed by atoms with van der Waals surface area (Å²) in [5.41, 5.74) is 4.57. The van der Waals surface area contributed by atoms with E-state index in [0.29, 0.717) is 80.4 Å². The first-order chi connectivity index (χ1) is 35.2. The van der Waals surface area contributed by atoms with Gasteiger partial charge < -0.3 is 55.0 Å². The lowest BCUT2D eigenvalue weighted by Gasteiger charge is -2.41. The molecule has 24 nitrogen and oxygen atoms in total. The first kappa shape index (κ1) is 55.4. The van der Waals surface area contributed by atoms with E-state index >= 15 is 0 Å². The third kappa shape index (κ3) is 16.5. The first-order valence-electron chi connectivity index (χ1n) is 24.7. The average Bonchev–Trinajstić information content (AvgIpc) is 3.94. The van der Waals surface area contributed by atoms with Gasteiger partial charge in [-0.2, -0.15) is 31.8 Å². The van der Waals surface area contributed by atoms with Crippen LogP contribution >= 0.6 is 19.4 Å². The highest BCUT2D eigenvalue weighted by Crippen LogP contribution is 2.53. The number of carbonyl (C=O) groups excluding carboxylic acids is 4. The Morgan fingerprint density at radius 2 is 1.79 bits per heavy atom. The van der Waals surface area contributed by atoms with E-state index in [-0.39, 0.29) is 92.7 Å². The fourth-order valence-corrected chi connectivity index (χ4v) is 12.1. The molecule has 0 aliphatic carbocycles. The molecule has 28 heteroatoms. The highest BCUT2D eigenvalue weighted by molar-refractivity contribution is 8.00. The molecule has 4 aliphatic heterocycles. The number of ketones is 1. The summed E-state index contributed by atoms with van der Waals surface area (Å²) >= 11 is 1.87. The minimum absolute atomic E-state index is 0.0497. The molecule has 3 aromatic rings. The van der Waals surface area contributed by atoms with Gasteiger partial charge >= 0.3 is 19.7 Å². The minimum atomic E-state index is -3.37. The van der Waals surface area contributed by atoms with Crippen molar-refractivity contribution in [1.29, 1.82) is 0 Å². The number of Topliss-reactive ketones (excluding diaryl/α,β-unsaturated/α-hetero) is 1. The van der Waals surface area contributed by atoms with Gasteiger partial charge in [0, 0.05) is 92.6 Å². The number of nitrogens with one attached hydrogen (secondary N) is 6. The molecule has 0 radical (unpaired) electrons. The zero-order chi connectivity index (χ0) is 51.7. The lowest BCUT2D eigenvalue weighted by Crippen LogP contribution is -2.50. The highest BCUT2D eigenvalue weighted by Gasteiger charge is 2.43. The molecular formula is C45H67B2N14O10PS. The molecule has 7 atom stereocenters. The standard InChI is InChI=1S/C45H67B2N14O10PS/c1-29(62)32-12-13-38(51-23-32)58-52-22-30-8-10-31(11-9-30)41(64)49-16-18-67-20-21-69-45-56-42(50-15-14-48-39(63)7-5-4-6-35-40-34(28-73-35)53-44(65)54-40)55-43(57-45)60-24-33(71-37(47)25-60)27-70-72(66,59(2)3)61-17-19-68-36(46)26-61/h8-13,22-23,33-37,40H,4-7,14-21,24-28,46-47H2,1-3H3,(H,48,63)(H,49,64)(H,51,58)(H2,53,54,65)(H,50,55,56,57)/b52-22+. The van der Waals surface area contributed by atoms with Crippen molar-refractivity contribution < 1.29 is 47.2 Å². The van der Waals surface area contributed by atoms with Gasteiger partial charge in [-0.25, -0.2) is 19.1 Å². The van der Waals surface area contributed by atoms with Gasteiger partial charge in [-0.15, -0.1) is 0 Å². The molecule has 4 aliphatic rings. The van der Waals surface area contributed by atoms with E-state index in [2.05, 4.69) is 52.1 Å².